The van der Waals surface area contributed by atoms with Gasteiger partial charge in [-0.05, 0) is 44.2 Å². The fraction of sp³-hybridized carbons (Fsp3) is 0.588. The molecule has 19 heavy (non-hydrogen) atoms. The number of ketones is 1. The number of rotatable bonds is 4. The molecule has 0 spiro atoms. The van der Waals surface area contributed by atoms with E-state index >= 15 is 0 Å². The Kier molecular flexibility index (Phi) is 3.57. The third-order valence-corrected chi connectivity index (χ3v) is 4.90. The maximum absolute atomic E-state index is 12.7. The lowest BCUT2D eigenvalue weighted by molar-refractivity contribution is 0.0735. The Bertz CT molecular complexity index is 478. The third kappa shape index (κ3) is 2.59. The second kappa shape index (κ2) is 4.75. The molecule has 0 bridgehead atoms. The highest BCUT2D eigenvalue weighted by Gasteiger charge is 2.40. The zero-order chi connectivity index (χ0) is 14.3. The molecule has 104 valence electrons. The SMILES string of the molecule is CC(C)(N)C(C)(C)C(=O)c1cccc(C2CCC2)c1. The highest BCUT2D eigenvalue weighted by Crippen LogP contribution is 2.38. The van der Waals surface area contributed by atoms with Crippen LogP contribution in [0.4, 0.5) is 0 Å². The van der Waals surface area contributed by atoms with E-state index < -0.39 is 11.0 Å². The van der Waals surface area contributed by atoms with Gasteiger partial charge in [0.25, 0.3) is 0 Å². The van der Waals surface area contributed by atoms with E-state index in [9.17, 15) is 4.79 Å². The molecule has 0 atom stereocenters. The molecule has 1 fully saturated rings. The van der Waals surface area contributed by atoms with Crippen LogP contribution in [0.5, 0.6) is 0 Å². The molecule has 0 saturated heterocycles. The zero-order valence-corrected chi connectivity index (χ0v) is 12.5. The predicted octanol–water partition coefficient (Wildman–Crippen LogP) is 3.90. The Morgan fingerprint density at radius 2 is 1.84 bits per heavy atom. The van der Waals surface area contributed by atoms with Crippen molar-refractivity contribution < 1.29 is 4.79 Å². The first-order valence-electron chi connectivity index (χ1n) is 7.17. The molecule has 0 aromatic heterocycles. The molecule has 0 aliphatic heterocycles. The topological polar surface area (TPSA) is 43.1 Å². The summed E-state index contributed by atoms with van der Waals surface area (Å²) in [4.78, 5) is 12.7. The van der Waals surface area contributed by atoms with E-state index in [0.717, 1.165) is 5.56 Å². The van der Waals surface area contributed by atoms with Crippen LogP contribution in [0.1, 0.15) is 68.8 Å². The van der Waals surface area contributed by atoms with Gasteiger partial charge < -0.3 is 5.73 Å². The molecular formula is C17H25NO. The summed E-state index contributed by atoms with van der Waals surface area (Å²) >= 11 is 0. The molecule has 2 N–H and O–H groups in total. The molecule has 0 heterocycles. The molecule has 2 rings (SSSR count). The smallest absolute Gasteiger partial charge is 0.170 e. The largest absolute Gasteiger partial charge is 0.325 e. The summed E-state index contributed by atoms with van der Waals surface area (Å²) in [6.07, 6.45) is 3.82. The number of carbonyl (C=O) groups is 1. The average Bonchev–Trinajstić information content (AvgIpc) is 2.24. The van der Waals surface area contributed by atoms with Gasteiger partial charge in [-0.2, -0.15) is 0 Å². The van der Waals surface area contributed by atoms with Crippen molar-refractivity contribution in [3.05, 3.63) is 35.4 Å². The van der Waals surface area contributed by atoms with E-state index in [2.05, 4.69) is 12.1 Å². The van der Waals surface area contributed by atoms with Crippen molar-refractivity contribution in [1.29, 1.82) is 0 Å². The van der Waals surface area contributed by atoms with Gasteiger partial charge in [-0.15, -0.1) is 0 Å². The quantitative estimate of drug-likeness (QED) is 0.833. The van der Waals surface area contributed by atoms with Crippen LogP contribution in [0.15, 0.2) is 24.3 Å². The summed E-state index contributed by atoms with van der Waals surface area (Å²) in [6.45, 7) is 7.71. The molecule has 1 saturated carbocycles. The molecule has 1 aliphatic carbocycles. The Hall–Kier alpha value is -1.15. The Morgan fingerprint density at radius 3 is 2.32 bits per heavy atom. The molecule has 2 heteroatoms. The summed E-state index contributed by atoms with van der Waals surface area (Å²) in [5.74, 6) is 0.794. The second-order valence-electron chi connectivity index (χ2n) is 6.93. The molecule has 1 aliphatic rings. The molecule has 1 aromatic rings. The van der Waals surface area contributed by atoms with Gasteiger partial charge in [0.15, 0.2) is 5.78 Å². The van der Waals surface area contributed by atoms with Gasteiger partial charge in [-0.3, -0.25) is 4.79 Å². The van der Waals surface area contributed by atoms with Gasteiger partial charge >= 0.3 is 0 Å². The van der Waals surface area contributed by atoms with Crippen molar-refractivity contribution >= 4 is 5.78 Å². The lowest BCUT2D eigenvalue weighted by atomic mass is 9.70. The Morgan fingerprint density at radius 1 is 1.21 bits per heavy atom. The van der Waals surface area contributed by atoms with Crippen LogP contribution < -0.4 is 5.73 Å². The maximum Gasteiger partial charge on any atom is 0.170 e. The number of hydrogen-bond acceptors (Lipinski definition) is 2. The maximum atomic E-state index is 12.7. The van der Waals surface area contributed by atoms with Gasteiger partial charge in [0, 0.05) is 16.5 Å². The molecular weight excluding hydrogens is 234 g/mol. The van der Waals surface area contributed by atoms with E-state index in [1.165, 1.54) is 24.8 Å². The Balaban J connectivity index is 2.29. The van der Waals surface area contributed by atoms with Crippen molar-refractivity contribution in [3.8, 4) is 0 Å². The molecule has 2 nitrogen and oxygen atoms in total. The van der Waals surface area contributed by atoms with Crippen LogP contribution in [-0.2, 0) is 0 Å². The second-order valence-corrected chi connectivity index (χ2v) is 6.93. The fourth-order valence-corrected chi connectivity index (χ4v) is 2.33. The number of Topliss-reactive ketones (excluding diaryl/α,β-unsaturated/α-hetero) is 1. The van der Waals surface area contributed by atoms with Gasteiger partial charge in [0.2, 0.25) is 0 Å². The van der Waals surface area contributed by atoms with Crippen molar-refractivity contribution in [1.82, 2.24) is 0 Å². The van der Waals surface area contributed by atoms with Crippen LogP contribution in [0, 0.1) is 5.41 Å². The first-order valence-corrected chi connectivity index (χ1v) is 7.17. The molecule has 0 amide bonds. The van der Waals surface area contributed by atoms with E-state index in [0.29, 0.717) is 5.92 Å². The highest BCUT2D eigenvalue weighted by atomic mass is 16.1. The summed E-state index contributed by atoms with van der Waals surface area (Å²) < 4.78 is 0. The van der Waals surface area contributed by atoms with Gasteiger partial charge in [-0.25, -0.2) is 0 Å². The van der Waals surface area contributed by atoms with Crippen LogP contribution in [0.2, 0.25) is 0 Å². The lowest BCUT2D eigenvalue weighted by Crippen LogP contribution is -2.51. The highest BCUT2D eigenvalue weighted by molar-refractivity contribution is 6.01. The third-order valence-electron chi connectivity index (χ3n) is 4.90. The normalized spacial score (nSPS) is 17.1. The van der Waals surface area contributed by atoms with E-state index in [1.807, 2.05) is 39.8 Å². The zero-order valence-electron chi connectivity index (χ0n) is 12.5. The number of carbonyl (C=O) groups excluding carboxylic acids is 1. The van der Waals surface area contributed by atoms with Crippen molar-refractivity contribution in [2.75, 3.05) is 0 Å². The summed E-state index contributed by atoms with van der Waals surface area (Å²) in [5, 5.41) is 0. The number of benzene rings is 1. The molecule has 0 radical (unpaired) electrons. The number of hydrogen-bond donors (Lipinski definition) is 1. The minimum Gasteiger partial charge on any atom is -0.325 e. The van der Waals surface area contributed by atoms with E-state index in [1.54, 1.807) is 0 Å². The van der Waals surface area contributed by atoms with Crippen molar-refractivity contribution in [2.24, 2.45) is 11.1 Å². The van der Waals surface area contributed by atoms with E-state index in [-0.39, 0.29) is 5.78 Å². The van der Waals surface area contributed by atoms with Crippen molar-refractivity contribution in [3.63, 3.8) is 0 Å². The standard InChI is InChI=1S/C17H25NO/c1-16(2,17(3,4)18)15(19)14-10-6-9-13(11-14)12-7-5-8-12/h6,9-12H,5,7-8,18H2,1-4H3. The monoisotopic (exact) mass is 259 g/mol. The van der Waals surface area contributed by atoms with Crippen LogP contribution >= 0.6 is 0 Å². The average molecular weight is 259 g/mol. The molecule has 1 aromatic carbocycles. The predicted molar refractivity (Wildman–Crippen MR) is 79.4 cm³/mol. The summed E-state index contributed by atoms with van der Waals surface area (Å²) in [7, 11) is 0. The Labute approximate surface area is 116 Å². The number of nitrogens with two attached hydrogens (primary N) is 1. The first kappa shape index (κ1) is 14.3. The fourth-order valence-electron chi connectivity index (χ4n) is 2.33. The van der Waals surface area contributed by atoms with Crippen molar-refractivity contribution in [2.45, 2.75) is 58.4 Å². The van der Waals surface area contributed by atoms with Crippen LogP contribution in [-0.4, -0.2) is 11.3 Å². The van der Waals surface area contributed by atoms with Crippen LogP contribution in [0.3, 0.4) is 0 Å². The van der Waals surface area contributed by atoms with E-state index in [4.69, 9.17) is 5.73 Å². The van der Waals surface area contributed by atoms with Gasteiger partial charge in [0.05, 0.1) is 0 Å². The van der Waals surface area contributed by atoms with Gasteiger partial charge in [-0.1, -0.05) is 38.5 Å². The summed E-state index contributed by atoms with van der Waals surface area (Å²) in [6, 6.07) is 8.12. The van der Waals surface area contributed by atoms with Gasteiger partial charge in [0.1, 0.15) is 0 Å². The van der Waals surface area contributed by atoms with Crippen LogP contribution in [0.25, 0.3) is 0 Å². The summed E-state index contributed by atoms with van der Waals surface area (Å²) in [5.41, 5.74) is 7.18. The first-order chi connectivity index (χ1) is 8.73. The molecule has 0 unspecified atom stereocenters. The minimum atomic E-state index is -0.564. The minimum absolute atomic E-state index is 0.140. The lowest BCUT2D eigenvalue weighted by Gasteiger charge is -2.37.